The largest absolute Gasteiger partial charge is 0.314 e. The first-order valence-corrected chi connectivity index (χ1v) is 6.72. The summed E-state index contributed by atoms with van der Waals surface area (Å²) in [4.78, 5) is 4.84. The summed E-state index contributed by atoms with van der Waals surface area (Å²) in [6.45, 7) is 5.11. The molecule has 0 saturated heterocycles. The van der Waals surface area contributed by atoms with E-state index in [1.807, 2.05) is 0 Å². The van der Waals surface area contributed by atoms with Gasteiger partial charge >= 0.3 is 0 Å². The van der Waals surface area contributed by atoms with Crippen LogP contribution in [0.3, 0.4) is 0 Å². The third kappa shape index (κ3) is 1.65. The van der Waals surface area contributed by atoms with Crippen molar-refractivity contribution in [3.8, 4) is 0 Å². The van der Waals surface area contributed by atoms with Gasteiger partial charge in [-0.25, -0.2) is 4.98 Å². The fraction of sp³-hybridized carbons (Fsp3) is 0.467. The Labute approximate surface area is 107 Å². The predicted octanol–water partition coefficient (Wildman–Crippen LogP) is 2.86. The Morgan fingerprint density at radius 1 is 1.11 bits per heavy atom. The minimum atomic E-state index is 0.651. The lowest BCUT2D eigenvalue weighted by molar-refractivity contribution is 0.602. The molecule has 0 amide bonds. The van der Waals surface area contributed by atoms with Crippen LogP contribution in [0.1, 0.15) is 36.2 Å². The second-order valence-corrected chi connectivity index (χ2v) is 5.26. The van der Waals surface area contributed by atoms with Gasteiger partial charge in [0.2, 0.25) is 0 Å². The minimum Gasteiger partial charge on any atom is -0.314 e. The highest BCUT2D eigenvalue weighted by Gasteiger charge is 2.13. The van der Waals surface area contributed by atoms with E-state index in [1.54, 1.807) is 0 Å². The molecule has 3 heteroatoms. The highest BCUT2D eigenvalue weighted by Crippen LogP contribution is 2.19. The van der Waals surface area contributed by atoms with E-state index in [1.165, 1.54) is 24.8 Å². The van der Waals surface area contributed by atoms with Crippen LogP contribution < -0.4 is 5.49 Å². The lowest BCUT2D eigenvalue weighted by Gasteiger charge is -2.14. The Morgan fingerprint density at radius 3 is 2.72 bits per heavy atom. The molecular formula is C15H19N3. The maximum atomic E-state index is 8.48. The van der Waals surface area contributed by atoms with E-state index in [4.69, 9.17) is 10.4 Å². The number of fused-ring (bicyclic) bond motifs is 2. The molecule has 3 rings (SSSR count). The van der Waals surface area contributed by atoms with Crippen molar-refractivity contribution < 1.29 is 0 Å². The van der Waals surface area contributed by atoms with Gasteiger partial charge in [-0.2, -0.15) is 0 Å². The van der Waals surface area contributed by atoms with Crippen LogP contribution in [-0.4, -0.2) is 9.55 Å². The van der Waals surface area contributed by atoms with Crippen LogP contribution in [0.5, 0.6) is 0 Å². The van der Waals surface area contributed by atoms with Gasteiger partial charge in [0.25, 0.3) is 0 Å². The van der Waals surface area contributed by atoms with E-state index in [-0.39, 0.29) is 0 Å². The van der Waals surface area contributed by atoms with Crippen LogP contribution in [-0.2, 0) is 13.0 Å². The molecule has 0 spiro atoms. The predicted molar refractivity (Wildman–Crippen MR) is 72.6 cm³/mol. The Bertz CT molecular complexity index is 667. The van der Waals surface area contributed by atoms with E-state index in [0.29, 0.717) is 5.49 Å². The second kappa shape index (κ2) is 4.23. The molecule has 1 aliphatic rings. The van der Waals surface area contributed by atoms with Crippen LogP contribution in [0.25, 0.3) is 10.9 Å². The van der Waals surface area contributed by atoms with Gasteiger partial charge in [0.1, 0.15) is 11.3 Å². The van der Waals surface area contributed by atoms with Crippen molar-refractivity contribution in [2.75, 3.05) is 0 Å². The molecule has 1 N–H and O–H groups in total. The van der Waals surface area contributed by atoms with Crippen molar-refractivity contribution in [1.82, 2.24) is 9.55 Å². The number of rotatable bonds is 0. The molecule has 1 aromatic carbocycles. The summed E-state index contributed by atoms with van der Waals surface area (Å²) in [5.74, 6) is 1.10. The van der Waals surface area contributed by atoms with Crippen LogP contribution in [0.2, 0.25) is 0 Å². The molecule has 2 heterocycles. The van der Waals surface area contributed by atoms with E-state index in [9.17, 15) is 0 Å². The van der Waals surface area contributed by atoms with Crippen molar-refractivity contribution >= 4 is 10.9 Å². The Morgan fingerprint density at radius 2 is 1.89 bits per heavy atom. The fourth-order valence-corrected chi connectivity index (χ4v) is 2.85. The average molecular weight is 241 g/mol. The molecule has 0 bridgehead atoms. The summed E-state index contributed by atoms with van der Waals surface area (Å²) < 4.78 is 2.11. The average Bonchev–Trinajstić information content (AvgIpc) is 2.59. The smallest absolute Gasteiger partial charge is 0.135 e. The molecule has 1 aliphatic heterocycles. The minimum absolute atomic E-state index is 0.651. The molecular weight excluding hydrogens is 222 g/mol. The summed E-state index contributed by atoms with van der Waals surface area (Å²) in [6, 6.07) is 4.21. The fourth-order valence-electron chi connectivity index (χ4n) is 2.85. The van der Waals surface area contributed by atoms with Gasteiger partial charge in [-0.05, 0) is 37.8 Å². The molecule has 0 unspecified atom stereocenters. The SMILES string of the molecule is Cc1ccc(C)c2c(=N)n3c(nc12)CCCCC3. The molecule has 18 heavy (non-hydrogen) atoms. The Hall–Kier alpha value is -1.64. The Balaban J connectivity index is 2.42. The summed E-state index contributed by atoms with van der Waals surface area (Å²) in [6.07, 6.45) is 4.62. The molecule has 0 radical (unpaired) electrons. The standard InChI is InChI=1S/C15H19N3/c1-10-7-8-11(2)14-13(10)15(16)18-9-5-3-4-6-12(18)17-14/h7-8,16H,3-6,9H2,1-2H3. The molecule has 2 aromatic rings. The highest BCUT2D eigenvalue weighted by atomic mass is 15.1. The van der Waals surface area contributed by atoms with Crippen LogP contribution in [0.4, 0.5) is 0 Å². The number of benzene rings is 1. The molecule has 0 saturated carbocycles. The maximum absolute atomic E-state index is 8.48. The third-order valence-corrected chi connectivity index (χ3v) is 3.93. The number of hydrogen-bond donors (Lipinski definition) is 1. The lowest BCUT2D eigenvalue weighted by Crippen LogP contribution is -2.25. The zero-order valence-corrected chi connectivity index (χ0v) is 11.1. The lowest BCUT2D eigenvalue weighted by atomic mass is 10.1. The van der Waals surface area contributed by atoms with Crippen molar-refractivity contribution in [1.29, 1.82) is 5.41 Å². The number of nitrogens with one attached hydrogen (secondary N) is 1. The maximum Gasteiger partial charge on any atom is 0.135 e. The zero-order chi connectivity index (χ0) is 12.7. The molecule has 3 nitrogen and oxygen atoms in total. The van der Waals surface area contributed by atoms with Crippen molar-refractivity contribution in [3.63, 3.8) is 0 Å². The van der Waals surface area contributed by atoms with Gasteiger partial charge in [0, 0.05) is 18.4 Å². The molecule has 0 aliphatic carbocycles. The summed E-state index contributed by atoms with van der Waals surface area (Å²) >= 11 is 0. The topological polar surface area (TPSA) is 41.7 Å². The van der Waals surface area contributed by atoms with Crippen molar-refractivity contribution in [2.24, 2.45) is 0 Å². The van der Waals surface area contributed by atoms with E-state index < -0.39 is 0 Å². The quantitative estimate of drug-likeness (QED) is 0.757. The van der Waals surface area contributed by atoms with Gasteiger partial charge in [0.05, 0.1) is 5.52 Å². The summed E-state index contributed by atoms with van der Waals surface area (Å²) in [5, 5.41) is 9.50. The number of nitrogens with zero attached hydrogens (tertiary/aromatic N) is 2. The van der Waals surface area contributed by atoms with Gasteiger partial charge in [-0.1, -0.05) is 18.6 Å². The van der Waals surface area contributed by atoms with E-state index in [0.717, 1.165) is 35.3 Å². The summed E-state index contributed by atoms with van der Waals surface area (Å²) in [5.41, 5.74) is 4.01. The first-order chi connectivity index (χ1) is 8.68. The van der Waals surface area contributed by atoms with Crippen molar-refractivity contribution in [3.05, 3.63) is 34.6 Å². The van der Waals surface area contributed by atoms with E-state index in [2.05, 4.69) is 30.5 Å². The highest BCUT2D eigenvalue weighted by molar-refractivity contribution is 5.83. The number of hydrogen-bond acceptors (Lipinski definition) is 2. The summed E-state index contributed by atoms with van der Waals surface area (Å²) in [7, 11) is 0. The normalized spacial score (nSPS) is 15.4. The third-order valence-electron chi connectivity index (χ3n) is 3.93. The zero-order valence-electron chi connectivity index (χ0n) is 11.1. The van der Waals surface area contributed by atoms with Crippen LogP contribution in [0.15, 0.2) is 12.1 Å². The van der Waals surface area contributed by atoms with Gasteiger partial charge in [0.15, 0.2) is 0 Å². The van der Waals surface area contributed by atoms with Crippen molar-refractivity contribution in [2.45, 2.75) is 46.1 Å². The van der Waals surface area contributed by atoms with E-state index >= 15 is 0 Å². The van der Waals surface area contributed by atoms with Gasteiger partial charge < -0.3 is 4.57 Å². The monoisotopic (exact) mass is 241 g/mol. The second-order valence-electron chi connectivity index (χ2n) is 5.26. The molecule has 94 valence electrons. The first-order valence-electron chi connectivity index (χ1n) is 6.72. The molecule has 0 atom stereocenters. The molecule has 1 aromatic heterocycles. The molecule has 0 fully saturated rings. The first kappa shape index (κ1) is 11.5. The number of aromatic nitrogens is 2. The van der Waals surface area contributed by atoms with Gasteiger partial charge in [-0.15, -0.1) is 0 Å². The number of aryl methyl sites for hydroxylation is 3. The Kier molecular flexibility index (Phi) is 2.69. The van der Waals surface area contributed by atoms with Crippen LogP contribution >= 0.6 is 0 Å². The van der Waals surface area contributed by atoms with Gasteiger partial charge in [-0.3, -0.25) is 5.41 Å². The van der Waals surface area contributed by atoms with Crippen LogP contribution in [0, 0.1) is 19.3 Å².